The van der Waals surface area contributed by atoms with Crippen molar-refractivity contribution in [3.63, 3.8) is 0 Å². The van der Waals surface area contributed by atoms with E-state index >= 15 is 0 Å². The van der Waals surface area contributed by atoms with Crippen LogP contribution in [0.2, 0.25) is 0 Å². The highest BCUT2D eigenvalue weighted by atomic mass is 16.2. The Kier molecular flexibility index (Phi) is 2.47. The number of amides is 2. The minimum Gasteiger partial charge on any atom is -0.368 e. The van der Waals surface area contributed by atoms with E-state index in [0.717, 1.165) is 12.8 Å². The summed E-state index contributed by atoms with van der Waals surface area (Å²) in [6.45, 7) is 4.23. The van der Waals surface area contributed by atoms with Crippen molar-refractivity contribution in [3.05, 3.63) is 12.2 Å². The van der Waals surface area contributed by atoms with Crippen LogP contribution in [0.4, 0.5) is 0 Å². The molecule has 1 fully saturated rings. The summed E-state index contributed by atoms with van der Waals surface area (Å²) in [6.07, 6.45) is 1.60. The topological polar surface area (TPSA) is 63.4 Å². The third-order valence-corrected chi connectivity index (χ3v) is 1.84. The fraction of sp³-hybridized carbons (Fsp3) is 0.500. The highest BCUT2D eigenvalue weighted by Gasteiger charge is 2.22. The van der Waals surface area contributed by atoms with Crippen LogP contribution in [0.25, 0.3) is 0 Å². The zero-order valence-electron chi connectivity index (χ0n) is 6.88. The number of piperidine rings is 1. The molecule has 1 rings (SSSR count). The van der Waals surface area contributed by atoms with Crippen LogP contribution in [0.3, 0.4) is 0 Å². The molecule has 4 nitrogen and oxygen atoms in total. The quantitative estimate of drug-likeness (QED) is 0.573. The van der Waals surface area contributed by atoms with Crippen LogP contribution in [0.15, 0.2) is 12.2 Å². The summed E-state index contributed by atoms with van der Waals surface area (Å²) < 4.78 is 0. The minimum absolute atomic E-state index is 0.0118. The molecular formula is C8H12N2O2. The molecular weight excluding hydrogens is 156 g/mol. The maximum atomic E-state index is 11.3. The number of hydrogen-bond donors (Lipinski definition) is 1. The molecule has 2 N–H and O–H groups in total. The molecule has 1 saturated heterocycles. The van der Waals surface area contributed by atoms with E-state index in [0.29, 0.717) is 12.1 Å². The van der Waals surface area contributed by atoms with Crippen molar-refractivity contribution in [3.8, 4) is 0 Å². The van der Waals surface area contributed by atoms with Crippen molar-refractivity contribution in [2.24, 2.45) is 5.73 Å². The van der Waals surface area contributed by atoms with Crippen molar-refractivity contribution < 1.29 is 9.59 Å². The lowest BCUT2D eigenvalue weighted by molar-refractivity contribution is -0.133. The van der Waals surface area contributed by atoms with Gasteiger partial charge in [-0.25, -0.2) is 0 Å². The molecule has 0 bridgehead atoms. The molecule has 1 heterocycles. The van der Waals surface area contributed by atoms with E-state index in [1.807, 2.05) is 0 Å². The van der Waals surface area contributed by atoms with E-state index in [-0.39, 0.29) is 12.5 Å². The molecule has 1 aliphatic rings. The van der Waals surface area contributed by atoms with E-state index in [9.17, 15) is 9.59 Å². The summed E-state index contributed by atoms with van der Waals surface area (Å²) in [6, 6.07) is 0. The Hall–Kier alpha value is -1.32. The second-order valence-electron chi connectivity index (χ2n) is 2.90. The molecule has 4 heteroatoms. The highest BCUT2D eigenvalue weighted by Crippen LogP contribution is 2.14. The van der Waals surface area contributed by atoms with Gasteiger partial charge in [-0.2, -0.15) is 0 Å². The van der Waals surface area contributed by atoms with Crippen molar-refractivity contribution in [2.45, 2.75) is 12.8 Å². The Morgan fingerprint density at radius 2 is 2.33 bits per heavy atom. The molecule has 0 spiro atoms. The average Bonchev–Trinajstić information content (AvgIpc) is 1.98. The molecule has 12 heavy (non-hydrogen) atoms. The van der Waals surface area contributed by atoms with Gasteiger partial charge in [-0.05, 0) is 12.8 Å². The number of nitrogens with zero attached hydrogens (tertiary/aromatic N) is 1. The van der Waals surface area contributed by atoms with E-state index < -0.39 is 5.91 Å². The van der Waals surface area contributed by atoms with Crippen LogP contribution in [0, 0.1) is 0 Å². The monoisotopic (exact) mass is 168 g/mol. The smallest absolute Gasteiger partial charge is 0.249 e. The Bertz CT molecular complexity index is 235. The van der Waals surface area contributed by atoms with Crippen molar-refractivity contribution in [1.82, 2.24) is 4.90 Å². The minimum atomic E-state index is -0.474. The molecule has 0 radical (unpaired) electrons. The van der Waals surface area contributed by atoms with Gasteiger partial charge in [-0.1, -0.05) is 6.58 Å². The normalized spacial score (nSPS) is 18.2. The first-order valence-electron chi connectivity index (χ1n) is 3.86. The number of rotatable bonds is 2. The van der Waals surface area contributed by atoms with Crippen LogP contribution in [0.1, 0.15) is 12.8 Å². The predicted octanol–water partition coefficient (Wildman–Crippen LogP) is -0.350. The van der Waals surface area contributed by atoms with E-state index in [4.69, 9.17) is 5.73 Å². The summed E-state index contributed by atoms with van der Waals surface area (Å²) in [7, 11) is 0. The van der Waals surface area contributed by atoms with Crippen molar-refractivity contribution in [2.75, 3.05) is 13.1 Å². The summed E-state index contributed by atoms with van der Waals surface area (Å²) in [5.41, 5.74) is 5.54. The number of primary amides is 1. The summed E-state index contributed by atoms with van der Waals surface area (Å²) in [5, 5.41) is 0. The predicted molar refractivity (Wildman–Crippen MR) is 44.1 cm³/mol. The number of hydrogen-bond acceptors (Lipinski definition) is 2. The first kappa shape index (κ1) is 8.77. The zero-order chi connectivity index (χ0) is 9.14. The molecule has 0 unspecified atom stereocenters. The van der Waals surface area contributed by atoms with Crippen LogP contribution in [0.5, 0.6) is 0 Å². The van der Waals surface area contributed by atoms with Gasteiger partial charge in [0, 0.05) is 12.1 Å². The van der Waals surface area contributed by atoms with Gasteiger partial charge in [-0.3, -0.25) is 9.59 Å². The maximum absolute atomic E-state index is 11.3. The standard InChI is InChI=1S/C8H12N2O2/c1-6-3-2-4-10(8(6)12)5-7(9)11/h1-5H2,(H2,9,11). The lowest BCUT2D eigenvalue weighted by Gasteiger charge is -2.26. The molecule has 0 aromatic rings. The van der Waals surface area contributed by atoms with Crippen molar-refractivity contribution in [1.29, 1.82) is 0 Å². The number of likely N-dealkylation sites (tertiary alicyclic amines) is 1. The summed E-state index contributed by atoms with van der Waals surface area (Å²) >= 11 is 0. The van der Waals surface area contributed by atoms with Gasteiger partial charge in [0.1, 0.15) is 0 Å². The fourth-order valence-corrected chi connectivity index (χ4v) is 1.25. The fourth-order valence-electron chi connectivity index (χ4n) is 1.25. The summed E-state index contributed by atoms with van der Waals surface area (Å²) in [5.74, 6) is -0.613. The highest BCUT2D eigenvalue weighted by molar-refractivity contribution is 5.95. The Morgan fingerprint density at radius 1 is 1.67 bits per heavy atom. The van der Waals surface area contributed by atoms with Crippen LogP contribution in [-0.2, 0) is 9.59 Å². The molecule has 2 amide bonds. The van der Waals surface area contributed by atoms with Gasteiger partial charge in [0.15, 0.2) is 0 Å². The van der Waals surface area contributed by atoms with Gasteiger partial charge < -0.3 is 10.6 Å². The molecule has 66 valence electrons. The second-order valence-corrected chi connectivity index (χ2v) is 2.90. The first-order chi connectivity index (χ1) is 5.61. The van der Waals surface area contributed by atoms with Gasteiger partial charge >= 0.3 is 0 Å². The third kappa shape index (κ3) is 1.84. The third-order valence-electron chi connectivity index (χ3n) is 1.84. The lowest BCUT2D eigenvalue weighted by Crippen LogP contribution is -2.42. The molecule has 0 saturated carbocycles. The first-order valence-corrected chi connectivity index (χ1v) is 3.86. The second kappa shape index (κ2) is 3.38. The van der Waals surface area contributed by atoms with Crippen molar-refractivity contribution >= 4 is 11.8 Å². The summed E-state index contributed by atoms with van der Waals surface area (Å²) in [4.78, 5) is 23.2. The number of carbonyl (C=O) groups is 2. The van der Waals surface area contributed by atoms with Crippen LogP contribution >= 0.6 is 0 Å². The molecule has 0 aromatic carbocycles. The molecule has 0 aliphatic carbocycles. The SMILES string of the molecule is C=C1CCCN(CC(N)=O)C1=O. The van der Waals surface area contributed by atoms with Gasteiger partial charge in [0.2, 0.25) is 11.8 Å². The van der Waals surface area contributed by atoms with Gasteiger partial charge in [-0.15, -0.1) is 0 Å². The van der Waals surface area contributed by atoms with Crippen LogP contribution < -0.4 is 5.73 Å². The lowest BCUT2D eigenvalue weighted by atomic mass is 10.1. The van der Waals surface area contributed by atoms with Gasteiger partial charge in [0.05, 0.1) is 6.54 Å². The molecule has 0 atom stereocenters. The van der Waals surface area contributed by atoms with E-state index in [2.05, 4.69) is 6.58 Å². The number of nitrogens with two attached hydrogens (primary N) is 1. The Morgan fingerprint density at radius 3 is 2.92 bits per heavy atom. The van der Waals surface area contributed by atoms with Gasteiger partial charge in [0.25, 0.3) is 0 Å². The maximum Gasteiger partial charge on any atom is 0.249 e. The Balaban J connectivity index is 2.58. The molecule has 1 aliphatic heterocycles. The van der Waals surface area contributed by atoms with Crippen LogP contribution in [-0.4, -0.2) is 29.8 Å². The number of carbonyl (C=O) groups excluding carboxylic acids is 2. The average molecular weight is 168 g/mol. The zero-order valence-corrected chi connectivity index (χ0v) is 6.88. The van der Waals surface area contributed by atoms with E-state index in [1.54, 1.807) is 0 Å². The Labute approximate surface area is 71.0 Å². The molecule has 0 aromatic heterocycles. The van der Waals surface area contributed by atoms with E-state index in [1.165, 1.54) is 4.90 Å². The largest absolute Gasteiger partial charge is 0.368 e.